The van der Waals surface area contributed by atoms with Gasteiger partial charge in [0, 0.05) is 6.20 Å². The van der Waals surface area contributed by atoms with Gasteiger partial charge in [-0.2, -0.15) is 0 Å². The number of aryl methyl sites for hydroxylation is 1. The van der Waals surface area contributed by atoms with Crippen LogP contribution >= 0.6 is 0 Å². The Morgan fingerprint density at radius 3 is 2.55 bits per heavy atom. The Morgan fingerprint density at radius 1 is 1.00 bits per heavy atom. The van der Waals surface area contributed by atoms with E-state index in [1.165, 1.54) is 0 Å². The third-order valence-corrected chi connectivity index (χ3v) is 4.86. The van der Waals surface area contributed by atoms with Crippen LogP contribution in [0.5, 0.6) is 0 Å². The lowest BCUT2D eigenvalue weighted by Crippen LogP contribution is -2.14. The second-order valence-corrected chi connectivity index (χ2v) is 6.70. The molecule has 0 aliphatic heterocycles. The number of benzene rings is 2. The molecule has 0 fully saturated rings. The van der Waals surface area contributed by atoms with E-state index in [-0.39, 0.29) is 4.90 Å². The quantitative estimate of drug-likeness (QED) is 0.801. The lowest BCUT2D eigenvalue weighted by molar-refractivity contribution is 0.601. The van der Waals surface area contributed by atoms with E-state index in [2.05, 4.69) is 9.71 Å². The number of aromatic nitrogens is 1. The normalized spacial score (nSPS) is 11.5. The maximum Gasteiger partial charge on any atom is 0.263 e. The number of pyridine rings is 1. The molecule has 0 aliphatic carbocycles. The van der Waals surface area contributed by atoms with Crippen LogP contribution in [0.3, 0.4) is 0 Å². The topological polar surface area (TPSA) is 59.1 Å². The van der Waals surface area contributed by atoms with Gasteiger partial charge >= 0.3 is 0 Å². The standard InChI is InChI=1S/C17H16N2O2S/c1-2-13-9-10-18-17(11-13)19-22(20,21)16-8-7-14-5-3-4-6-15(14)12-16/h3-12H,2H2,1H3,(H,18,19). The highest BCUT2D eigenvalue weighted by molar-refractivity contribution is 7.92. The number of nitrogens with one attached hydrogen (secondary N) is 1. The Balaban J connectivity index is 1.96. The van der Waals surface area contributed by atoms with Gasteiger partial charge in [-0.3, -0.25) is 4.72 Å². The molecule has 0 bridgehead atoms. The summed E-state index contributed by atoms with van der Waals surface area (Å²) in [5.41, 5.74) is 1.03. The highest BCUT2D eigenvalue weighted by atomic mass is 32.2. The number of nitrogens with zero attached hydrogens (tertiary/aromatic N) is 1. The second-order valence-electron chi connectivity index (χ2n) is 5.02. The van der Waals surface area contributed by atoms with Crippen molar-refractivity contribution in [3.05, 3.63) is 66.4 Å². The molecule has 0 unspecified atom stereocenters. The fourth-order valence-electron chi connectivity index (χ4n) is 2.28. The molecule has 3 rings (SSSR count). The predicted molar refractivity (Wildman–Crippen MR) is 88.4 cm³/mol. The van der Waals surface area contributed by atoms with E-state index in [0.29, 0.717) is 5.82 Å². The number of sulfonamides is 1. The Morgan fingerprint density at radius 2 is 1.77 bits per heavy atom. The minimum absolute atomic E-state index is 0.231. The lowest BCUT2D eigenvalue weighted by Gasteiger charge is -2.09. The van der Waals surface area contributed by atoms with Gasteiger partial charge in [0.25, 0.3) is 10.0 Å². The molecule has 112 valence electrons. The zero-order valence-corrected chi connectivity index (χ0v) is 13.0. The van der Waals surface area contributed by atoms with Gasteiger partial charge in [0.05, 0.1) is 4.90 Å². The molecular formula is C17H16N2O2S. The average molecular weight is 312 g/mol. The summed E-state index contributed by atoms with van der Waals surface area (Å²) in [6, 6.07) is 16.4. The summed E-state index contributed by atoms with van der Waals surface area (Å²) in [6.45, 7) is 2.01. The SMILES string of the molecule is CCc1ccnc(NS(=O)(=O)c2ccc3ccccc3c2)c1. The van der Waals surface area contributed by atoms with Crippen LogP contribution in [0.15, 0.2) is 65.7 Å². The van der Waals surface area contributed by atoms with Crippen LogP contribution in [0.2, 0.25) is 0 Å². The summed E-state index contributed by atoms with van der Waals surface area (Å²) in [4.78, 5) is 4.30. The van der Waals surface area contributed by atoms with E-state index in [0.717, 1.165) is 22.8 Å². The van der Waals surface area contributed by atoms with Crippen molar-refractivity contribution in [1.82, 2.24) is 4.98 Å². The van der Waals surface area contributed by atoms with Crippen molar-refractivity contribution in [3.63, 3.8) is 0 Å². The molecule has 1 heterocycles. The first-order valence-corrected chi connectivity index (χ1v) is 8.53. The molecule has 5 heteroatoms. The molecule has 1 aromatic heterocycles. The number of rotatable bonds is 4. The monoisotopic (exact) mass is 312 g/mol. The van der Waals surface area contributed by atoms with Crippen LogP contribution in [0.4, 0.5) is 5.82 Å². The predicted octanol–water partition coefficient (Wildman–Crippen LogP) is 3.60. The summed E-state index contributed by atoms with van der Waals surface area (Å²) in [7, 11) is -3.64. The minimum Gasteiger partial charge on any atom is -0.263 e. The summed E-state index contributed by atoms with van der Waals surface area (Å²) in [5, 5.41) is 1.90. The molecule has 0 amide bonds. The Labute approximate surface area is 129 Å². The summed E-state index contributed by atoms with van der Waals surface area (Å²) < 4.78 is 27.5. The zero-order chi connectivity index (χ0) is 15.6. The second kappa shape index (κ2) is 5.77. The first-order valence-electron chi connectivity index (χ1n) is 7.05. The van der Waals surface area contributed by atoms with Gasteiger partial charge in [-0.15, -0.1) is 0 Å². The largest absolute Gasteiger partial charge is 0.263 e. The zero-order valence-electron chi connectivity index (χ0n) is 12.2. The number of anilines is 1. The molecular weight excluding hydrogens is 296 g/mol. The van der Waals surface area contributed by atoms with Crippen molar-refractivity contribution in [3.8, 4) is 0 Å². The molecule has 0 radical (unpaired) electrons. The third kappa shape index (κ3) is 2.94. The van der Waals surface area contributed by atoms with Crippen molar-refractivity contribution >= 4 is 26.6 Å². The van der Waals surface area contributed by atoms with Crippen molar-refractivity contribution in [2.75, 3.05) is 4.72 Å². The van der Waals surface area contributed by atoms with Gasteiger partial charge < -0.3 is 0 Å². The van der Waals surface area contributed by atoms with Gasteiger partial charge in [0.2, 0.25) is 0 Å². The van der Waals surface area contributed by atoms with Crippen molar-refractivity contribution in [2.45, 2.75) is 18.2 Å². The van der Waals surface area contributed by atoms with Gasteiger partial charge in [0.1, 0.15) is 5.82 Å². The molecule has 0 aliphatic rings. The maximum absolute atomic E-state index is 12.5. The molecule has 2 aromatic carbocycles. The van der Waals surface area contributed by atoms with Crippen LogP contribution in [-0.4, -0.2) is 13.4 Å². The number of fused-ring (bicyclic) bond motifs is 1. The van der Waals surface area contributed by atoms with Crippen molar-refractivity contribution in [2.24, 2.45) is 0 Å². The Hall–Kier alpha value is -2.40. The molecule has 22 heavy (non-hydrogen) atoms. The first kappa shape index (κ1) is 14.5. The molecule has 0 spiro atoms. The third-order valence-electron chi connectivity index (χ3n) is 3.50. The smallest absolute Gasteiger partial charge is 0.263 e. The highest BCUT2D eigenvalue weighted by Crippen LogP contribution is 2.21. The molecule has 1 N–H and O–H groups in total. The van der Waals surface area contributed by atoms with Gasteiger partial charge in [-0.1, -0.05) is 37.3 Å². The molecule has 4 nitrogen and oxygen atoms in total. The van der Waals surface area contributed by atoms with Gasteiger partial charge in [0.15, 0.2) is 0 Å². The maximum atomic E-state index is 12.5. The number of hydrogen-bond acceptors (Lipinski definition) is 3. The van der Waals surface area contributed by atoms with E-state index in [1.807, 2.05) is 37.3 Å². The van der Waals surface area contributed by atoms with Gasteiger partial charge in [-0.05, 0) is 47.0 Å². The fraction of sp³-hybridized carbons (Fsp3) is 0.118. The Kier molecular flexibility index (Phi) is 3.81. The van der Waals surface area contributed by atoms with Crippen LogP contribution in [0, 0.1) is 0 Å². The summed E-state index contributed by atoms with van der Waals surface area (Å²) in [5.74, 6) is 0.340. The molecule has 0 saturated carbocycles. The van der Waals surface area contributed by atoms with Gasteiger partial charge in [-0.25, -0.2) is 13.4 Å². The van der Waals surface area contributed by atoms with Crippen molar-refractivity contribution in [1.29, 1.82) is 0 Å². The van der Waals surface area contributed by atoms with E-state index in [4.69, 9.17) is 0 Å². The molecule has 0 saturated heterocycles. The first-order chi connectivity index (χ1) is 10.6. The molecule has 3 aromatic rings. The van der Waals surface area contributed by atoms with Crippen LogP contribution in [-0.2, 0) is 16.4 Å². The summed E-state index contributed by atoms with van der Waals surface area (Å²) in [6.07, 6.45) is 2.43. The average Bonchev–Trinajstić information content (AvgIpc) is 2.54. The van der Waals surface area contributed by atoms with E-state index < -0.39 is 10.0 Å². The van der Waals surface area contributed by atoms with Crippen LogP contribution < -0.4 is 4.72 Å². The minimum atomic E-state index is -3.64. The molecule has 0 atom stereocenters. The van der Waals surface area contributed by atoms with E-state index >= 15 is 0 Å². The highest BCUT2D eigenvalue weighted by Gasteiger charge is 2.15. The lowest BCUT2D eigenvalue weighted by atomic mass is 10.1. The number of hydrogen-bond donors (Lipinski definition) is 1. The Bertz CT molecular complexity index is 921. The van der Waals surface area contributed by atoms with E-state index in [1.54, 1.807) is 30.5 Å². The van der Waals surface area contributed by atoms with Crippen molar-refractivity contribution < 1.29 is 8.42 Å². The van der Waals surface area contributed by atoms with Crippen LogP contribution in [0.1, 0.15) is 12.5 Å². The van der Waals surface area contributed by atoms with Crippen LogP contribution in [0.25, 0.3) is 10.8 Å². The summed E-state index contributed by atoms with van der Waals surface area (Å²) >= 11 is 0. The fourth-order valence-corrected chi connectivity index (χ4v) is 3.32. The van der Waals surface area contributed by atoms with E-state index in [9.17, 15) is 8.42 Å².